The van der Waals surface area contributed by atoms with Crippen molar-refractivity contribution in [2.24, 2.45) is 5.92 Å². The number of rotatable bonds is 6. The first-order valence-corrected chi connectivity index (χ1v) is 11.9. The van der Waals surface area contributed by atoms with Crippen LogP contribution in [0.3, 0.4) is 0 Å². The summed E-state index contributed by atoms with van der Waals surface area (Å²) in [6.07, 6.45) is 1.15. The fourth-order valence-electron chi connectivity index (χ4n) is 3.60. The molecular formula is C22H27FN4O4S. The summed E-state index contributed by atoms with van der Waals surface area (Å²) in [5.41, 5.74) is 0.429. The zero-order chi connectivity index (χ0) is 23.5. The summed E-state index contributed by atoms with van der Waals surface area (Å²) in [7, 11) is -3.88. The Balaban J connectivity index is 1.76. The first-order chi connectivity index (χ1) is 15.1. The highest BCUT2D eigenvalue weighted by Gasteiger charge is 2.31. The molecule has 2 aromatic rings. The molecule has 0 spiro atoms. The van der Waals surface area contributed by atoms with Crippen molar-refractivity contribution in [1.82, 2.24) is 14.6 Å². The van der Waals surface area contributed by atoms with Crippen LogP contribution in [-0.4, -0.2) is 49.2 Å². The van der Waals surface area contributed by atoms with Crippen molar-refractivity contribution in [2.45, 2.75) is 44.6 Å². The van der Waals surface area contributed by atoms with Crippen LogP contribution < -0.4 is 10.0 Å². The highest BCUT2D eigenvalue weighted by Crippen LogP contribution is 2.23. The maximum atomic E-state index is 14.5. The number of anilines is 1. The molecule has 0 saturated carbocycles. The largest absolute Gasteiger partial charge is 0.338 e. The molecular weight excluding hydrogens is 435 g/mol. The van der Waals surface area contributed by atoms with Crippen molar-refractivity contribution in [3.63, 3.8) is 0 Å². The Morgan fingerprint density at radius 1 is 1.22 bits per heavy atom. The van der Waals surface area contributed by atoms with Gasteiger partial charge in [-0.15, -0.1) is 0 Å². The first kappa shape index (κ1) is 23.8. The number of piperidine rings is 1. The van der Waals surface area contributed by atoms with E-state index in [9.17, 15) is 22.4 Å². The molecule has 1 aromatic heterocycles. The molecule has 3 rings (SSSR count). The number of nitrogens with one attached hydrogen (secondary N) is 2. The van der Waals surface area contributed by atoms with Crippen LogP contribution in [0.4, 0.5) is 10.2 Å². The molecule has 1 unspecified atom stereocenters. The second-order valence-corrected chi connectivity index (χ2v) is 9.88. The van der Waals surface area contributed by atoms with Gasteiger partial charge in [0.25, 0.3) is 5.91 Å². The van der Waals surface area contributed by atoms with E-state index in [0.717, 1.165) is 23.9 Å². The maximum Gasteiger partial charge on any atom is 0.256 e. The molecule has 1 aliphatic heterocycles. The van der Waals surface area contributed by atoms with E-state index in [1.54, 1.807) is 26.0 Å². The van der Waals surface area contributed by atoms with Gasteiger partial charge in [0.2, 0.25) is 15.9 Å². The lowest BCUT2D eigenvalue weighted by molar-refractivity contribution is -0.121. The number of aromatic nitrogens is 1. The van der Waals surface area contributed by atoms with Gasteiger partial charge in [-0.05, 0) is 63.9 Å². The van der Waals surface area contributed by atoms with Crippen LogP contribution in [0.5, 0.6) is 0 Å². The Morgan fingerprint density at radius 3 is 2.66 bits per heavy atom. The van der Waals surface area contributed by atoms with E-state index in [0.29, 0.717) is 25.2 Å². The highest BCUT2D eigenvalue weighted by atomic mass is 32.2. The molecule has 1 aliphatic rings. The van der Waals surface area contributed by atoms with Gasteiger partial charge in [-0.3, -0.25) is 9.59 Å². The summed E-state index contributed by atoms with van der Waals surface area (Å²) in [5.74, 6) is -1.77. The van der Waals surface area contributed by atoms with Crippen LogP contribution in [0.15, 0.2) is 41.3 Å². The van der Waals surface area contributed by atoms with Gasteiger partial charge in [0.1, 0.15) is 11.6 Å². The summed E-state index contributed by atoms with van der Waals surface area (Å²) in [6, 6.07) is 8.07. The zero-order valence-electron chi connectivity index (χ0n) is 18.3. The zero-order valence-corrected chi connectivity index (χ0v) is 19.1. The number of carbonyl (C=O) groups is 2. The van der Waals surface area contributed by atoms with E-state index in [2.05, 4.69) is 15.0 Å². The van der Waals surface area contributed by atoms with Gasteiger partial charge in [-0.2, -0.15) is 0 Å². The number of carbonyl (C=O) groups excluding carboxylic acids is 2. The molecule has 1 aromatic carbocycles. The monoisotopic (exact) mass is 462 g/mol. The van der Waals surface area contributed by atoms with Crippen LogP contribution in [0, 0.1) is 18.7 Å². The number of pyridine rings is 1. The lowest BCUT2D eigenvalue weighted by Gasteiger charge is -2.32. The number of nitrogens with zero attached hydrogens (tertiary/aromatic N) is 2. The third-order valence-corrected chi connectivity index (χ3v) is 6.74. The van der Waals surface area contributed by atoms with Crippen LogP contribution in [0.1, 0.15) is 42.7 Å². The van der Waals surface area contributed by atoms with Crippen molar-refractivity contribution in [1.29, 1.82) is 0 Å². The Bertz CT molecular complexity index is 1120. The summed E-state index contributed by atoms with van der Waals surface area (Å²) >= 11 is 0. The van der Waals surface area contributed by atoms with Crippen LogP contribution >= 0.6 is 0 Å². The third-order valence-electron chi connectivity index (χ3n) is 5.09. The van der Waals surface area contributed by atoms with Crippen molar-refractivity contribution in [3.05, 3.63) is 53.5 Å². The molecule has 0 radical (unpaired) electrons. The SMILES string of the molecule is Cc1cccc(NC(=O)C2CCCN(C(=O)c3cc(S(=O)(=O)NC(C)C)ccc3F)C2)n1. The number of hydrogen-bond acceptors (Lipinski definition) is 5. The quantitative estimate of drug-likeness (QED) is 0.686. The number of halogens is 1. The second kappa shape index (κ2) is 9.74. The highest BCUT2D eigenvalue weighted by molar-refractivity contribution is 7.89. The van der Waals surface area contributed by atoms with Crippen molar-refractivity contribution >= 4 is 27.7 Å². The fourth-order valence-corrected chi connectivity index (χ4v) is 4.88. The number of aryl methyl sites for hydroxylation is 1. The first-order valence-electron chi connectivity index (χ1n) is 10.4. The van der Waals surface area contributed by atoms with Gasteiger partial charge in [0.05, 0.1) is 16.4 Å². The van der Waals surface area contributed by atoms with E-state index in [1.165, 1.54) is 4.90 Å². The van der Waals surface area contributed by atoms with E-state index in [-0.39, 0.29) is 29.0 Å². The van der Waals surface area contributed by atoms with Crippen molar-refractivity contribution < 1.29 is 22.4 Å². The van der Waals surface area contributed by atoms with Gasteiger partial charge >= 0.3 is 0 Å². The maximum absolute atomic E-state index is 14.5. The summed E-state index contributed by atoms with van der Waals surface area (Å²) < 4.78 is 41.7. The topological polar surface area (TPSA) is 108 Å². The fraction of sp³-hybridized carbons (Fsp3) is 0.409. The van der Waals surface area contributed by atoms with Crippen LogP contribution in [0.25, 0.3) is 0 Å². The van der Waals surface area contributed by atoms with Gasteiger partial charge < -0.3 is 10.2 Å². The van der Waals surface area contributed by atoms with Gasteiger partial charge in [0.15, 0.2) is 0 Å². The Kier molecular flexibility index (Phi) is 7.25. The van der Waals surface area contributed by atoms with Crippen molar-refractivity contribution in [2.75, 3.05) is 18.4 Å². The van der Waals surface area contributed by atoms with Crippen LogP contribution in [-0.2, 0) is 14.8 Å². The Hall–Kier alpha value is -2.85. The molecule has 8 nitrogen and oxygen atoms in total. The molecule has 2 amide bonds. The molecule has 0 bridgehead atoms. The summed E-state index contributed by atoms with van der Waals surface area (Å²) in [6.45, 7) is 5.61. The molecule has 2 heterocycles. The van der Waals surface area contributed by atoms with Crippen LogP contribution in [0.2, 0.25) is 0 Å². The lowest BCUT2D eigenvalue weighted by atomic mass is 9.96. The molecule has 10 heteroatoms. The number of likely N-dealkylation sites (tertiary alicyclic amines) is 1. The van der Waals surface area contributed by atoms with Gasteiger partial charge in [-0.1, -0.05) is 6.07 Å². The normalized spacial score (nSPS) is 16.8. The average Bonchev–Trinajstić information content (AvgIpc) is 2.72. The van der Waals surface area contributed by atoms with Gasteiger partial charge in [0, 0.05) is 24.8 Å². The lowest BCUT2D eigenvalue weighted by Crippen LogP contribution is -2.44. The predicted molar refractivity (Wildman–Crippen MR) is 118 cm³/mol. The average molecular weight is 463 g/mol. The van der Waals surface area contributed by atoms with E-state index in [4.69, 9.17) is 0 Å². The standard InChI is InChI=1S/C22H27FN4O4S/c1-14(2)26-32(30,31)17-9-10-19(23)18(12-17)22(29)27-11-5-7-16(13-27)21(28)25-20-8-4-6-15(3)24-20/h4,6,8-10,12,14,16,26H,5,7,11,13H2,1-3H3,(H,24,25,28). The minimum atomic E-state index is -3.88. The summed E-state index contributed by atoms with van der Waals surface area (Å²) in [4.78, 5) is 31.2. The summed E-state index contributed by atoms with van der Waals surface area (Å²) in [5, 5.41) is 2.76. The van der Waals surface area contributed by atoms with Gasteiger partial charge in [-0.25, -0.2) is 22.5 Å². The van der Waals surface area contributed by atoms with E-state index < -0.39 is 27.7 Å². The number of benzene rings is 1. The second-order valence-electron chi connectivity index (χ2n) is 8.16. The Morgan fingerprint density at radius 2 is 1.97 bits per heavy atom. The predicted octanol–water partition coefficient (Wildman–Crippen LogP) is 2.71. The Labute approximate surface area is 187 Å². The number of hydrogen-bond donors (Lipinski definition) is 2. The molecule has 1 fully saturated rings. The molecule has 1 saturated heterocycles. The van der Waals surface area contributed by atoms with E-state index in [1.807, 2.05) is 13.0 Å². The molecule has 172 valence electrons. The van der Waals surface area contributed by atoms with Crippen molar-refractivity contribution in [3.8, 4) is 0 Å². The minimum absolute atomic E-state index is 0.108. The minimum Gasteiger partial charge on any atom is -0.338 e. The number of sulfonamides is 1. The molecule has 32 heavy (non-hydrogen) atoms. The molecule has 1 atom stereocenters. The van der Waals surface area contributed by atoms with E-state index >= 15 is 0 Å². The molecule has 2 N–H and O–H groups in total. The smallest absolute Gasteiger partial charge is 0.256 e. The number of amides is 2. The molecule has 0 aliphatic carbocycles. The third kappa shape index (κ3) is 5.68.